The zero-order chi connectivity index (χ0) is 9.97. The maximum atomic E-state index is 4.25. The lowest BCUT2D eigenvalue weighted by atomic mass is 10.1. The number of nitrogens with one attached hydrogen (secondary N) is 2. The molecule has 0 saturated heterocycles. The van der Waals surface area contributed by atoms with Crippen LogP contribution in [0.4, 0.5) is 0 Å². The maximum absolute atomic E-state index is 4.25. The molecule has 1 aliphatic heterocycles. The first-order valence-electron chi connectivity index (χ1n) is 4.92. The molecule has 1 heterocycles. The van der Waals surface area contributed by atoms with Gasteiger partial charge >= 0.3 is 0 Å². The highest BCUT2D eigenvalue weighted by Crippen LogP contribution is 2.14. The fraction of sp³-hybridized carbons (Fsp3) is 0.364. The zero-order valence-corrected chi connectivity index (χ0v) is 8.49. The second kappa shape index (κ2) is 3.70. The Morgan fingerprint density at radius 1 is 1.21 bits per heavy atom. The zero-order valence-electron chi connectivity index (χ0n) is 8.49. The van der Waals surface area contributed by atoms with Gasteiger partial charge < -0.3 is 5.32 Å². The van der Waals surface area contributed by atoms with E-state index in [-0.39, 0.29) is 6.17 Å². The van der Waals surface area contributed by atoms with Gasteiger partial charge in [0.15, 0.2) is 0 Å². The van der Waals surface area contributed by atoms with Gasteiger partial charge in [-0.15, -0.1) is 0 Å². The van der Waals surface area contributed by atoms with E-state index in [1.165, 1.54) is 5.56 Å². The van der Waals surface area contributed by atoms with Crippen molar-refractivity contribution in [3.63, 3.8) is 0 Å². The Balaban J connectivity index is 2.06. The van der Waals surface area contributed by atoms with E-state index in [1.807, 2.05) is 18.2 Å². The predicted octanol–water partition coefficient (Wildman–Crippen LogP) is 1.85. The Kier molecular flexibility index (Phi) is 2.39. The van der Waals surface area contributed by atoms with Gasteiger partial charge in [0, 0.05) is 5.92 Å². The predicted molar refractivity (Wildman–Crippen MR) is 57.7 cm³/mol. The lowest BCUT2D eigenvalue weighted by Crippen LogP contribution is -2.29. The number of benzene rings is 1. The Bertz CT molecular complexity index is 330. The smallest absolute Gasteiger partial charge is 0.140 e. The summed E-state index contributed by atoms with van der Waals surface area (Å²) in [5, 5.41) is 7.59. The van der Waals surface area contributed by atoms with Gasteiger partial charge in [0.25, 0.3) is 0 Å². The summed E-state index contributed by atoms with van der Waals surface area (Å²) in [7, 11) is 0. The molecule has 2 N–H and O–H groups in total. The van der Waals surface area contributed by atoms with Crippen molar-refractivity contribution in [1.82, 2.24) is 10.7 Å². The van der Waals surface area contributed by atoms with Crippen LogP contribution < -0.4 is 10.7 Å². The molecule has 2 rings (SSSR count). The molecule has 1 atom stereocenters. The fourth-order valence-corrected chi connectivity index (χ4v) is 1.45. The van der Waals surface area contributed by atoms with Gasteiger partial charge in [-0.3, -0.25) is 5.43 Å². The van der Waals surface area contributed by atoms with Gasteiger partial charge in [-0.25, -0.2) is 0 Å². The van der Waals surface area contributed by atoms with Crippen LogP contribution in [-0.2, 0) is 0 Å². The molecule has 0 saturated carbocycles. The highest BCUT2D eigenvalue weighted by atomic mass is 15.4. The third-order valence-corrected chi connectivity index (χ3v) is 2.29. The van der Waals surface area contributed by atoms with Crippen molar-refractivity contribution < 1.29 is 0 Å². The molecule has 1 aromatic rings. The van der Waals surface area contributed by atoms with E-state index in [0.717, 1.165) is 5.84 Å². The summed E-state index contributed by atoms with van der Waals surface area (Å²) in [5.74, 6) is 1.47. The van der Waals surface area contributed by atoms with Gasteiger partial charge in [-0.1, -0.05) is 44.2 Å². The molecule has 3 nitrogen and oxygen atoms in total. The largest absolute Gasteiger partial charge is 0.347 e. The second-order valence-corrected chi connectivity index (χ2v) is 3.77. The number of nitrogens with zero attached hydrogens (tertiary/aromatic N) is 1. The average Bonchev–Trinajstić information content (AvgIpc) is 2.68. The van der Waals surface area contributed by atoms with Crippen LogP contribution in [0.5, 0.6) is 0 Å². The molecule has 3 heteroatoms. The molecule has 0 bridgehead atoms. The molecule has 14 heavy (non-hydrogen) atoms. The Morgan fingerprint density at radius 2 is 1.93 bits per heavy atom. The van der Waals surface area contributed by atoms with Gasteiger partial charge in [-0.2, -0.15) is 5.10 Å². The van der Waals surface area contributed by atoms with Crippen molar-refractivity contribution >= 4 is 5.84 Å². The van der Waals surface area contributed by atoms with Crippen LogP contribution in [-0.4, -0.2) is 5.84 Å². The maximum Gasteiger partial charge on any atom is 0.140 e. The monoisotopic (exact) mass is 189 g/mol. The average molecular weight is 189 g/mol. The molecule has 0 aromatic heterocycles. The molecule has 74 valence electrons. The molecule has 0 aliphatic carbocycles. The van der Waals surface area contributed by atoms with Crippen LogP contribution in [0, 0.1) is 5.92 Å². The van der Waals surface area contributed by atoms with E-state index in [4.69, 9.17) is 0 Å². The molecule has 0 radical (unpaired) electrons. The minimum Gasteiger partial charge on any atom is -0.347 e. The van der Waals surface area contributed by atoms with Gasteiger partial charge in [0.1, 0.15) is 12.0 Å². The topological polar surface area (TPSA) is 36.4 Å². The number of hydrogen-bond acceptors (Lipinski definition) is 3. The normalized spacial score (nSPS) is 20.2. The molecular formula is C11H15N3. The fourth-order valence-electron chi connectivity index (χ4n) is 1.45. The van der Waals surface area contributed by atoms with Crippen LogP contribution >= 0.6 is 0 Å². The number of amidine groups is 1. The third-order valence-electron chi connectivity index (χ3n) is 2.29. The summed E-state index contributed by atoms with van der Waals surface area (Å²) in [5.41, 5.74) is 4.30. The highest BCUT2D eigenvalue weighted by molar-refractivity contribution is 5.85. The van der Waals surface area contributed by atoms with Crippen molar-refractivity contribution in [2.24, 2.45) is 11.0 Å². The SMILES string of the molecule is CC(C)C1=NNC(c2ccccc2)N1. The summed E-state index contributed by atoms with van der Waals surface area (Å²) in [6.07, 6.45) is 0.133. The highest BCUT2D eigenvalue weighted by Gasteiger charge is 2.19. The molecule has 0 amide bonds. The van der Waals surface area contributed by atoms with Crippen LogP contribution in [0.15, 0.2) is 35.4 Å². The van der Waals surface area contributed by atoms with E-state index < -0.39 is 0 Å². The van der Waals surface area contributed by atoms with Gasteiger partial charge in [-0.05, 0) is 5.56 Å². The lowest BCUT2D eigenvalue weighted by molar-refractivity contribution is 0.571. The molecule has 0 fully saturated rings. The minimum atomic E-state index is 0.133. The van der Waals surface area contributed by atoms with E-state index >= 15 is 0 Å². The van der Waals surface area contributed by atoms with Crippen LogP contribution in [0.3, 0.4) is 0 Å². The van der Waals surface area contributed by atoms with Crippen LogP contribution in [0.2, 0.25) is 0 Å². The number of hydrogen-bond donors (Lipinski definition) is 2. The molecule has 1 aromatic carbocycles. The van der Waals surface area contributed by atoms with Gasteiger partial charge in [0.05, 0.1) is 0 Å². The summed E-state index contributed by atoms with van der Waals surface area (Å²) in [6.45, 7) is 4.25. The van der Waals surface area contributed by atoms with Crippen LogP contribution in [0.25, 0.3) is 0 Å². The van der Waals surface area contributed by atoms with Gasteiger partial charge in [0.2, 0.25) is 0 Å². The first-order chi connectivity index (χ1) is 6.77. The number of rotatable bonds is 2. The van der Waals surface area contributed by atoms with E-state index in [9.17, 15) is 0 Å². The molecule has 1 unspecified atom stereocenters. The number of hydrazone groups is 1. The molecule has 0 spiro atoms. The summed E-state index contributed by atoms with van der Waals surface area (Å²) >= 11 is 0. The van der Waals surface area contributed by atoms with Crippen molar-refractivity contribution in [2.75, 3.05) is 0 Å². The summed E-state index contributed by atoms with van der Waals surface area (Å²) in [4.78, 5) is 0. The molecule has 1 aliphatic rings. The molecular weight excluding hydrogens is 174 g/mol. The third kappa shape index (κ3) is 1.71. The van der Waals surface area contributed by atoms with Crippen molar-refractivity contribution in [1.29, 1.82) is 0 Å². The van der Waals surface area contributed by atoms with E-state index in [2.05, 4.69) is 41.8 Å². The first kappa shape index (κ1) is 9.06. The summed E-state index contributed by atoms with van der Waals surface area (Å²) < 4.78 is 0. The standard InChI is InChI=1S/C11H15N3/c1-8(2)10-12-11(14-13-10)9-6-4-3-5-7-9/h3-8,11,14H,1-2H3,(H,12,13). The first-order valence-corrected chi connectivity index (χ1v) is 4.92. The Labute approximate surface area is 84.2 Å². The van der Waals surface area contributed by atoms with Crippen molar-refractivity contribution in [2.45, 2.75) is 20.0 Å². The van der Waals surface area contributed by atoms with Crippen molar-refractivity contribution in [3.05, 3.63) is 35.9 Å². The Morgan fingerprint density at radius 3 is 2.50 bits per heavy atom. The van der Waals surface area contributed by atoms with E-state index in [1.54, 1.807) is 0 Å². The quantitative estimate of drug-likeness (QED) is 0.745. The summed E-state index contributed by atoms with van der Waals surface area (Å²) in [6, 6.07) is 10.3. The van der Waals surface area contributed by atoms with E-state index in [0.29, 0.717) is 5.92 Å². The minimum absolute atomic E-state index is 0.133. The Hall–Kier alpha value is -1.51. The lowest BCUT2D eigenvalue weighted by Gasteiger charge is -2.12. The van der Waals surface area contributed by atoms with Crippen molar-refractivity contribution in [3.8, 4) is 0 Å². The second-order valence-electron chi connectivity index (χ2n) is 3.77. The van der Waals surface area contributed by atoms with Crippen LogP contribution in [0.1, 0.15) is 25.6 Å².